The molecule has 0 aliphatic rings. The van der Waals surface area contributed by atoms with Crippen molar-refractivity contribution in [2.45, 2.75) is 0 Å². The summed E-state index contributed by atoms with van der Waals surface area (Å²) >= 11 is 2.07. The first kappa shape index (κ1) is 11.0. The monoisotopic (exact) mass is 306 g/mol. The minimum Gasteiger partial charge on any atom is -0.394 e. The lowest BCUT2D eigenvalue weighted by atomic mass is 10.4. The molecule has 1 aromatic rings. The number of H-pyrrole nitrogens is 1. The van der Waals surface area contributed by atoms with Gasteiger partial charge in [0.25, 0.3) is 5.56 Å². The van der Waals surface area contributed by atoms with Crippen molar-refractivity contribution >= 4 is 40.4 Å². The summed E-state index contributed by atoms with van der Waals surface area (Å²) in [7, 11) is 3.71. The third kappa shape index (κ3) is 2.72. The third-order valence-electron chi connectivity index (χ3n) is 1.42. The van der Waals surface area contributed by atoms with Crippen LogP contribution in [0.25, 0.3) is 0 Å². The van der Waals surface area contributed by atoms with Crippen molar-refractivity contribution in [3.05, 3.63) is 20.0 Å². The topological polar surface area (TPSA) is 74.5 Å². The van der Waals surface area contributed by atoms with E-state index in [1.54, 1.807) is 17.3 Å². The van der Waals surface area contributed by atoms with Crippen LogP contribution in [0.1, 0.15) is 0 Å². The highest BCUT2D eigenvalue weighted by molar-refractivity contribution is 14.1. The zero-order chi connectivity index (χ0) is 10.7. The molecule has 0 aliphatic carbocycles. The van der Waals surface area contributed by atoms with Gasteiger partial charge in [-0.25, -0.2) is 4.99 Å². The van der Waals surface area contributed by atoms with E-state index in [-0.39, 0.29) is 11.2 Å². The predicted octanol–water partition coefficient (Wildman–Crippen LogP) is 0.783. The maximum atomic E-state index is 11.2. The van der Waals surface area contributed by atoms with Crippen molar-refractivity contribution < 1.29 is 0 Å². The van der Waals surface area contributed by atoms with Gasteiger partial charge in [-0.15, -0.1) is 0 Å². The molecule has 1 heterocycles. The van der Waals surface area contributed by atoms with E-state index in [2.05, 4.69) is 32.6 Å². The fourth-order valence-electron chi connectivity index (χ4n) is 0.777. The minimum absolute atomic E-state index is 0.207. The average molecular weight is 306 g/mol. The average Bonchev–Trinajstić information content (AvgIpc) is 2.09. The van der Waals surface area contributed by atoms with Gasteiger partial charge in [0, 0.05) is 14.1 Å². The van der Waals surface area contributed by atoms with E-state index in [0.717, 1.165) is 3.57 Å². The number of nitrogens with two attached hydrogens (primary N) is 1. The molecule has 14 heavy (non-hydrogen) atoms. The third-order valence-corrected chi connectivity index (χ3v) is 2.24. The second kappa shape index (κ2) is 4.45. The molecule has 0 saturated carbocycles. The summed E-state index contributed by atoms with van der Waals surface area (Å²) < 4.78 is 0.817. The first-order valence-electron chi connectivity index (χ1n) is 3.89. The maximum Gasteiger partial charge on any atom is 0.272 e. The number of hydrogen-bond acceptors (Lipinski definition) is 3. The highest BCUT2D eigenvalue weighted by atomic mass is 127. The molecule has 0 aliphatic heterocycles. The Morgan fingerprint density at radius 3 is 2.86 bits per heavy atom. The van der Waals surface area contributed by atoms with Crippen molar-refractivity contribution in [3.8, 4) is 0 Å². The van der Waals surface area contributed by atoms with Gasteiger partial charge in [-0.2, -0.15) is 0 Å². The molecule has 0 amide bonds. The lowest BCUT2D eigenvalue weighted by molar-refractivity contribution is 0.643. The van der Waals surface area contributed by atoms with Gasteiger partial charge in [0.2, 0.25) is 0 Å². The molecule has 0 radical (unpaired) electrons. The number of anilines is 1. The Labute approximate surface area is 95.2 Å². The Kier molecular flexibility index (Phi) is 3.50. The molecule has 0 unspecified atom stereocenters. The van der Waals surface area contributed by atoms with E-state index in [1.807, 2.05) is 14.1 Å². The molecule has 0 spiro atoms. The summed E-state index contributed by atoms with van der Waals surface area (Å²) in [5, 5.41) is 0. The summed E-state index contributed by atoms with van der Waals surface area (Å²) in [5.74, 6) is 0.526. The van der Waals surface area contributed by atoms with Gasteiger partial charge in [0.05, 0.1) is 15.6 Å². The Balaban J connectivity index is 3.10. The number of nitrogen functional groups attached to an aromatic ring is 1. The number of nitrogens with zero attached hydrogens (tertiary/aromatic N) is 2. The normalized spacial score (nSPS) is 10.8. The molecule has 0 aromatic carbocycles. The van der Waals surface area contributed by atoms with Gasteiger partial charge in [-0.05, 0) is 28.7 Å². The Morgan fingerprint density at radius 1 is 1.64 bits per heavy atom. The molecule has 1 aromatic heterocycles. The number of pyridine rings is 1. The smallest absolute Gasteiger partial charge is 0.272 e. The van der Waals surface area contributed by atoms with E-state index in [1.165, 1.54) is 0 Å². The van der Waals surface area contributed by atoms with Crippen molar-refractivity contribution in [2.75, 3.05) is 19.8 Å². The number of aromatic amines is 1. The Hall–Kier alpha value is -1.05. The highest BCUT2D eigenvalue weighted by Crippen LogP contribution is 2.17. The molecule has 6 heteroatoms. The molecule has 1 rings (SSSR count). The summed E-state index contributed by atoms with van der Waals surface area (Å²) in [6.45, 7) is 0. The lowest BCUT2D eigenvalue weighted by Crippen LogP contribution is -2.12. The molecular weight excluding hydrogens is 295 g/mol. The van der Waals surface area contributed by atoms with Gasteiger partial charge in [0.1, 0.15) is 5.82 Å². The van der Waals surface area contributed by atoms with E-state index < -0.39 is 0 Å². The number of nitrogens with one attached hydrogen (secondary N) is 1. The van der Waals surface area contributed by atoms with Crippen molar-refractivity contribution in [1.29, 1.82) is 0 Å². The molecule has 0 fully saturated rings. The van der Waals surface area contributed by atoms with Gasteiger partial charge in [0.15, 0.2) is 0 Å². The van der Waals surface area contributed by atoms with Crippen molar-refractivity contribution in [1.82, 2.24) is 9.88 Å². The highest BCUT2D eigenvalue weighted by Gasteiger charge is 2.01. The van der Waals surface area contributed by atoms with Crippen molar-refractivity contribution in [2.24, 2.45) is 4.99 Å². The zero-order valence-corrected chi connectivity index (χ0v) is 10.1. The molecule has 76 valence electrons. The quantitative estimate of drug-likeness (QED) is 0.482. The second-order valence-electron chi connectivity index (χ2n) is 2.96. The van der Waals surface area contributed by atoms with Crippen LogP contribution >= 0.6 is 22.6 Å². The van der Waals surface area contributed by atoms with Gasteiger partial charge in [-0.1, -0.05) is 0 Å². The first-order chi connectivity index (χ1) is 6.50. The van der Waals surface area contributed by atoms with Crippen LogP contribution in [0.4, 0.5) is 11.5 Å². The van der Waals surface area contributed by atoms with Crippen LogP contribution in [0.3, 0.4) is 0 Å². The van der Waals surface area contributed by atoms with Crippen LogP contribution in [0.2, 0.25) is 0 Å². The van der Waals surface area contributed by atoms with Crippen molar-refractivity contribution in [3.63, 3.8) is 0 Å². The van der Waals surface area contributed by atoms with Gasteiger partial charge < -0.3 is 15.6 Å². The minimum atomic E-state index is -0.309. The summed E-state index contributed by atoms with van der Waals surface area (Å²) in [6.07, 6.45) is 1.61. The second-order valence-corrected chi connectivity index (χ2v) is 4.12. The largest absolute Gasteiger partial charge is 0.394 e. The van der Waals surface area contributed by atoms with Gasteiger partial charge in [-0.3, -0.25) is 4.79 Å². The van der Waals surface area contributed by atoms with Crippen LogP contribution in [-0.4, -0.2) is 30.3 Å². The van der Waals surface area contributed by atoms with Crippen LogP contribution in [0.15, 0.2) is 15.9 Å². The maximum absolute atomic E-state index is 11.2. The summed E-state index contributed by atoms with van der Waals surface area (Å²) in [4.78, 5) is 19.6. The van der Waals surface area contributed by atoms with Gasteiger partial charge >= 0.3 is 0 Å². The lowest BCUT2D eigenvalue weighted by Gasteiger charge is -2.03. The summed E-state index contributed by atoms with van der Waals surface area (Å²) in [6, 6.07) is 1.60. The Morgan fingerprint density at radius 2 is 2.29 bits per heavy atom. The van der Waals surface area contributed by atoms with Crippen LogP contribution < -0.4 is 11.3 Å². The molecule has 0 atom stereocenters. The molecule has 5 nitrogen and oxygen atoms in total. The number of hydrogen-bond donors (Lipinski definition) is 2. The Bertz CT molecular complexity index is 410. The molecule has 0 saturated heterocycles. The fourth-order valence-corrected chi connectivity index (χ4v) is 1.39. The number of aromatic nitrogens is 1. The number of halogens is 1. The van der Waals surface area contributed by atoms with E-state index in [4.69, 9.17) is 5.73 Å². The van der Waals surface area contributed by atoms with Crippen LogP contribution in [0, 0.1) is 3.57 Å². The predicted molar refractivity (Wildman–Crippen MR) is 66.0 cm³/mol. The van der Waals surface area contributed by atoms with E-state index in [0.29, 0.717) is 5.82 Å². The number of aliphatic imine (C=N–C) groups is 1. The number of rotatable bonds is 2. The SMILES string of the molecule is CN(C)C=Nc1[nH]c(=O)c(N)cc1I. The molecule has 0 bridgehead atoms. The van der Waals surface area contributed by atoms with Crippen LogP contribution in [-0.2, 0) is 0 Å². The summed E-state index contributed by atoms with van der Waals surface area (Å²) in [5.41, 5.74) is 5.33. The van der Waals surface area contributed by atoms with E-state index >= 15 is 0 Å². The first-order valence-corrected chi connectivity index (χ1v) is 4.97. The standard InChI is InChI=1S/C8H11IN4O/c1-13(2)4-11-7-5(9)3-6(10)8(14)12-7/h3-4H,10H2,1-2H3,(H,12,14). The molecular formula is C8H11IN4O. The van der Waals surface area contributed by atoms with Crippen LogP contribution in [0.5, 0.6) is 0 Å². The van der Waals surface area contributed by atoms with E-state index in [9.17, 15) is 4.79 Å². The molecule has 3 N–H and O–H groups in total. The zero-order valence-electron chi connectivity index (χ0n) is 7.91. The fraction of sp³-hybridized carbons (Fsp3) is 0.250.